The molecule has 1 aromatic heterocycles. The summed E-state index contributed by atoms with van der Waals surface area (Å²) < 4.78 is 6.14. The lowest BCUT2D eigenvalue weighted by molar-refractivity contribution is -0.0543. The van der Waals surface area contributed by atoms with E-state index in [2.05, 4.69) is 26.2 Å². The number of nitrogens with one attached hydrogen (secondary N) is 1. The van der Waals surface area contributed by atoms with E-state index in [-0.39, 0.29) is 0 Å². The highest BCUT2D eigenvalue weighted by atomic mass is 79.9. The summed E-state index contributed by atoms with van der Waals surface area (Å²) in [5.41, 5.74) is 0.302. The van der Waals surface area contributed by atoms with Gasteiger partial charge in [-0.3, -0.25) is 4.98 Å². The fourth-order valence-electron chi connectivity index (χ4n) is 1.71. The van der Waals surface area contributed by atoms with Gasteiger partial charge in [0.25, 0.3) is 0 Å². The molecule has 5 heteroatoms. The number of aliphatic hydroxyl groups is 1. The molecule has 88 valence electrons. The normalized spacial score (nSPS) is 19.4. The van der Waals surface area contributed by atoms with Gasteiger partial charge < -0.3 is 15.2 Å². The Hall–Kier alpha value is -0.650. The minimum atomic E-state index is -0.652. The Morgan fingerprint density at radius 1 is 1.50 bits per heavy atom. The monoisotopic (exact) mass is 286 g/mol. The summed E-state index contributed by atoms with van der Waals surface area (Å²) in [5.74, 6) is 0. The van der Waals surface area contributed by atoms with Gasteiger partial charge in [0.15, 0.2) is 0 Å². The predicted molar refractivity (Wildman–Crippen MR) is 65.4 cm³/mol. The molecule has 1 saturated heterocycles. The molecule has 1 aliphatic rings. The van der Waals surface area contributed by atoms with Gasteiger partial charge >= 0.3 is 0 Å². The van der Waals surface area contributed by atoms with Crippen LogP contribution in [0.15, 0.2) is 22.9 Å². The van der Waals surface area contributed by atoms with Crippen LogP contribution in [0.2, 0.25) is 0 Å². The molecule has 0 bridgehead atoms. The van der Waals surface area contributed by atoms with Gasteiger partial charge in [-0.05, 0) is 22.0 Å². The van der Waals surface area contributed by atoms with E-state index in [1.807, 2.05) is 6.07 Å². The van der Waals surface area contributed by atoms with E-state index in [0.717, 1.165) is 10.2 Å². The van der Waals surface area contributed by atoms with Crippen LogP contribution >= 0.6 is 15.9 Å². The van der Waals surface area contributed by atoms with E-state index < -0.39 is 5.60 Å². The number of rotatable bonds is 3. The molecule has 1 fully saturated rings. The van der Waals surface area contributed by atoms with Gasteiger partial charge in [0.2, 0.25) is 0 Å². The molecule has 1 aliphatic heterocycles. The van der Waals surface area contributed by atoms with Gasteiger partial charge in [0.05, 0.1) is 15.8 Å². The molecule has 0 aliphatic carbocycles. The van der Waals surface area contributed by atoms with Crippen molar-refractivity contribution in [2.75, 3.05) is 25.1 Å². The predicted octanol–water partition coefficient (Wildman–Crippen LogP) is 1.80. The molecule has 2 heterocycles. The fraction of sp³-hybridized carbons (Fsp3) is 0.545. The van der Waals surface area contributed by atoms with Crippen LogP contribution in [0.3, 0.4) is 0 Å². The maximum atomic E-state index is 10.3. The number of nitrogens with zero attached hydrogens (tertiary/aromatic N) is 1. The van der Waals surface area contributed by atoms with Crippen molar-refractivity contribution >= 4 is 21.6 Å². The van der Waals surface area contributed by atoms with Crippen molar-refractivity contribution in [3.05, 3.63) is 22.9 Å². The molecular weight excluding hydrogens is 272 g/mol. The van der Waals surface area contributed by atoms with Crippen molar-refractivity contribution < 1.29 is 9.84 Å². The highest BCUT2D eigenvalue weighted by molar-refractivity contribution is 9.10. The zero-order chi connectivity index (χ0) is 11.4. The van der Waals surface area contributed by atoms with Crippen LogP contribution in [-0.4, -0.2) is 35.5 Å². The van der Waals surface area contributed by atoms with E-state index in [9.17, 15) is 5.11 Å². The summed E-state index contributed by atoms with van der Waals surface area (Å²) in [6, 6.07) is 1.88. The Labute approximate surface area is 103 Å². The standard InChI is InChI=1S/C11H15BrN2O2/c12-9-7-13-4-1-10(9)14-8-11(15)2-5-16-6-3-11/h1,4,7,15H,2-3,5-6,8H2,(H,13,14). The van der Waals surface area contributed by atoms with Crippen molar-refractivity contribution in [2.24, 2.45) is 0 Å². The summed E-state index contributed by atoms with van der Waals surface area (Å²) in [7, 11) is 0. The number of hydrogen-bond donors (Lipinski definition) is 2. The third kappa shape index (κ3) is 2.93. The molecule has 0 spiro atoms. The summed E-state index contributed by atoms with van der Waals surface area (Å²) in [4.78, 5) is 3.99. The van der Waals surface area contributed by atoms with E-state index in [4.69, 9.17) is 4.74 Å². The molecule has 0 aromatic carbocycles. The highest BCUT2D eigenvalue weighted by Crippen LogP contribution is 2.24. The fourth-order valence-corrected chi connectivity index (χ4v) is 2.10. The second-order valence-corrected chi connectivity index (χ2v) is 4.90. The Balaban J connectivity index is 1.94. The van der Waals surface area contributed by atoms with Crippen molar-refractivity contribution in [1.82, 2.24) is 4.98 Å². The second kappa shape index (κ2) is 5.12. The first-order valence-corrected chi connectivity index (χ1v) is 6.12. The lowest BCUT2D eigenvalue weighted by Gasteiger charge is -2.32. The first kappa shape index (κ1) is 11.8. The number of anilines is 1. The van der Waals surface area contributed by atoms with Crippen LogP contribution in [0, 0.1) is 0 Å². The van der Waals surface area contributed by atoms with E-state index in [1.54, 1.807) is 12.4 Å². The van der Waals surface area contributed by atoms with Crippen molar-refractivity contribution in [3.8, 4) is 0 Å². The zero-order valence-corrected chi connectivity index (χ0v) is 10.5. The van der Waals surface area contributed by atoms with E-state index >= 15 is 0 Å². The third-order valence-electron chi connectivity index (χ3n) is 2.80. The zero-order valence-electron chi connectivity index (χ0n) is 8.95. The summed E-state index contributed by atoms with van der Waals surface area (Å²) >= 11 is 3.41. The van der Waals surface area contributed by atoms with Gasteiger partial charge in [0, 0.05) is 45.0 Å². The van der Waals surface area contributed by atoms with Crippen LogP contribution in [0.4, 0.5) is 5.69 Å². The lowest BCUT2D eigenvalue weighted by atomic mass is 9.94. The number of aromatic nitrogens is 1. The Bertz CT molecular complexity index is 354. The van der Waals surface area contributed by atoms with E-state index in [0.29, 0.717) is 32.6 Å². The smallest absolute Gasteiger partial charge is 0.0863 e. The lowest BCUT2D eigenvalue weighted by Crippen LogP contribution is -2.42. The third-order valence-corrected chi connectivity index (χ3v) is 3.44. The van der Waals surface area contributed by atoms with E-state index in [1.165, 1.54) is 0 Å². The molecule has 0 radical (unpaired) electrons. The van der Waals surface area contributed by atoms with Crippen LogP contribution < -0.4 is 5.32 Å². The number of ether oxygens (including phenoxy) is 1. The molecule has 2 N–H and O–H groups in total. The van der Waals surface area contributed by atoms with Crippen molar-refractivity contribution in [3.63, 3.8) is 0 Å². The van der Waals surface area contributed by atoms with Gasteiger partial charge in [-0.1, -0.05) is 0 Å². The molecule has 2 rings (SSSR count). The summed E-state index contributed by atoms with van der Waals surface area (Å²) in [6.07, 6.45) is 4.82. The molecule has 0 atom stereocenters. The van der Waals surface area contributed by atoms with Gasteiger partial charge in [-0.15, -0.1) is 0 Å². The quantitative estimate of drug-likeness (QED) is 0.890. The molecule has 0 unspecified atom stereocenters. The Morgan fingerprint density at radius 3 is 2.94 bits per heavy atom. The second-order valence-electron chi connectivity index (χ2n) is 4.05. The SMILES string of the molecule is OC1(CNc2ccncc2Br)CCOCC1. The minimum Gasteiger partial charge on any atom is -0.388 e. The van der Waals surface area contributed by atoms with Crippen LogP contribution in [0.5, 0.6) is 0 Å². The Kier molecular flexibility index (Phi) is 3.78. The molecule has 0 saturated carbocycles. The molecule has 16 heavy (non-hydrogen) atoms. The van der Waals surface area contributed by atoms with Crippen molar-refractivity contribution in [2.45, 2.75) is 18.4 Å². The molecule has 0 amide bonds. The van der Waals surface area contributed by atoms with Gasteiger partial charge in [-0.25, -0.2) is 0 Å². The molecule has 4 nitrogen and oxygen atoms in total. The van der Waals surface area contributed by atoms with Crippen LogP contribution in [0.25, 0.3) is 0 Å². The van der Waals surface area contributed by atoms with Gasteiger partial charge in [-0.2, -0.15) is 0 Å². The largest absolute Gasteiger partial charge is 0.388 e. The molecule has 1 aromatic rings. The van der Waals surface area contributed by atoms with Crippen LogP contribution in [-0.2, 0) is 4.74 Å². The maximum Gasteiger partial charge on any atom is 0.0863 e. The number of hydrogen-bond acceptors (Lipinski definition) is 4. The van der Waals surface area contributed by atoms with Crippen molar-refractivity contribution in [1.29, 1.82) is 0 Å². The average molecular weight is 287 g/mol. The summed E-state index contributed by atoms with van der Waals surface area (Å²) in [6.45, 7) is 1.81. The first-order valence-electron chi connectivity index (χ1n) is 5.33. The van der Waals surface area contributed by atoms with Crippen LogP contribution in [0.1, 0.15) is 12.8 Å². The first-order chi connectivity index (χ1) is 7.70. The minimum absolute atomic E-state index is 0.541. The number of halogens is 1. The Morgan fingerprint density at radius 2 is 2.25 bits per heavy atom. The average Bonchev–Trinajstić information content (AvgIpc) is 2.29. The highest BCUT2D eigenvalue weighted by Gasteiger charge is 2.29. The number of pyridine rings is 1. The summed E-state index contributed by atoms with van der Waals surface area (Å²) in [5, 5.41) is 13.5. The topological polar surface area (TPSA) is 54.4 Å². The van der Waals surface area contributed by atoms with Gasteiger partial charge in [0.1, 0.15) is 0 Å². The maximum absolute atomic E-state index is 10.3. The molecular formula is C11H15BrN2O2.